The number of hydrogen-bond acceptors (Lipinski definition) is 2. The van der Waals surface area contributed by atoms with Crippen LogP contribution in [-0.2, 0) is 12.8 Å². The summed E-state index contributed by atoms with van der Waals surface area (Å²) >= 11 is 0. The molecule has 0 saturated heterocycles. The molecule has 1 N–H and O–H groups in total. The van der Waals surface area contributed by atoms with Crippen LogP contribution in [-0.4, -0.2) is 19.1 Å². The van der Waals surface area contributed by atoms with Gasteiger partial charge in [-0.15, -0.1) is 0 Å². The summed E-state index contributed by atoms with van der Waals surface area (Å²) in [4.78, 5) is 13.4. The number of alkyl halides is 3. The Balaban J connectivity index is 1.94. The standard InChI is InChI=1S/C19H21F3N2O2/c1-13(2)23-18(25)24(3)16-8-10-17(11-9-16)26-12-14-4-6-15(7-5-14)19(20,21)22/h4-11,13H,12H2,1-3H3,(H,23,25). The van der Waals surface area contributed by atoms with E-state index < -0.39 is 11.7 Å². The summed E-state index contributed by atoms with van der Waals surface area (Å²) in [5.74, 6) is 0.561. The molecule has 0 radical (unpaired) electrons. The molecule has 4 nitrogen and oxygen atoms in total. The number of amides is 2. The first kappa shape index (κ1) is 19.6. The lowest BCUT2D eigenvalue weighted by Crippen LogP contribution is -2.40. The fourth-order valence-corrected chi connectivity index (χ4v) is 2.18. The molecule has 0 aliphatic heterocycles. The van der Waals surface area contributed by atoms with E-state index in [1.807, 2.05) is 13.8 Å². The Morgan fingerprint density at radius 1 is 1.08 bits per heavy atom. The van der Waals surface area contributed by atoms with Crippen LogP contribution >= 0.6 is 0 Å². The average molecular weight is 366 g/mol. The van der Waals surface area contributed by atoms with E-state index >= 15 is 0 Å². The average Bonchev–Trinajstić information content (AvgIpc) is 2.59. The van der Waals surface area contributed by atoms with Crippen LogP contribution in [0.2, 0.25) is 0 Å². The van der Waals surface area contributed by atoms with Gasteiger partial charge in [-0.2, -0.15) is 13.2 Å². The van der Waals surface area contributed by atoms with Crippen LogP contribution in [0, 0.1) is 0 Å². The van der Waals surface area contributed by atoms with Crippen LogP contribution in [0.25, 0.3) is 0 Å². The summed E-state index contributed by atoms with van der Waals surface area (Å²) in [6.07, 6.45) is -4.34. The third kappa shape index (κ3) is 5.40. The third-order valence-corrected chi connectivity index (χ3v) is 3.63. The van der Waals surface area contributed by atoms with E-state index in [0.29, 0.717) is 17.0 Å². The fraction of sp³-hybridized carbons (Fsp3) is 0.316. The molecule has 0 aromatic heterocycles. The number of nitrogens with zero attached hydrogens (tertiary/aromatic N) is 1. The minimum atomic E-state index is -4.34. The molecule has 0 saturated carbocycles. The van der Waals surface area contributed by atoms with Crippen LogP contribution in [0.4, 0.5) is 23.7 Å². The highest BCUT2D eigenvalue weighted by atomic mass is 19.4. The smallest absolute Gasteiger partial charge is 0.416 e. The molecule has 0 bridgehead atoms. The van der Waals surface area contributed by atoms with Crippen molar-refractivity contribution in [2.75, 3.05) is 11.9 Å². The zero-order valence-electron chi connectivity index (χ0n) is 14.8. The van der Waals surface area contributed by atoms with E-state index in [0.717, 1.165) is 12.1 Å². The summed E-state index contributed by atoms with van der Waals surface area (Å²) < 4.78 is 43.2. The first-order chi connectivity index (χ1) is 12.2. The number of carbonyl (C=O) groups is 1. The Bertz CT molecular complexity index is 726. The molecule has 140 valence electrons. The Hall–Kier alpha value is -2.70. The topological polar surface area (TPSA) is 41.6 Å². The molecule has 26 heavy (non-hydrogen) atoms. The van der Waals surface area contributed by atoms with Crippen LogP contribution < -0.4 is 15.0 Å². The normalized spacial score (nSPS) is 11.3. The zero-order valence-corrected chi connectivity index (χ0v) is 14.8. The van der Waals surface area contributed by atoms with Gasteiger partial charge in [0, 0.05) is 18.8 Å². The van der Waals surface area contributed by atoms with E-state index in [4.69, 9.17) is 4.74 Å². The van der Waals surface area contributed by atoms with Crippen molar-refractivity contribution in [1.82, 2.24) is 5.32 Å². The molecule has 2 aromatic rings. The minimum absolute atomic E-state index is 0.0382. The van der Waals surface area contributed by atoms with Gasteiger partial charge in [-0.25, -0.2) is 4.79 Å². The van der Waals surface area contributed by atoms with Gasteiger partial charge < -0.3 is 10.1 Å². The predicted molar refractivity (Wildman–Crippen MR) is 94.3 cm³/mol. The van der Waals surface area contributed by atoms with E-state index in [-0.39, 0.29) is 18.7 Å². The van der Waals surface area contributed by atoms with Crippen molar-refractivity contribution in [2.45, 2.75) is 32.7 Å². The highest BCUT2D eigenvalue weighted by molar-refractivity contribution is 5.91. The van der Waals surface area contributed by atoms with Crippen molar-refractivity contribution in [2.24, 2.45) is 0 Å². The highest BCUT2D eigenvalue weighted by Gasteiger charge is 2.29. The number of nitrogens with one attached hydrogen (secondary N) is 1. The van der Waals surface area contributed by atoms with Gasteiger partial charge in [0.2, 0.25) is 0 Å². The van der Waals surface area contributed by atoms with Gasteiger partial charge in [-0.3, -0.25) is 4.90 Å². The van der Waals surface area contributed by atoms with E-state index in [2.05, 4.69) is 5.32 Å². The van der Waals surface area contributed by atoms with Crippen molar-refractivity contribution in [1.29, 1.82) is 0 Å². The molecule has 0 aliphatic rings. The lowest BCUT2D eigenvalue weighted by atomic mass is 10.1. The lowest BCUT2D eigenvalue weighted by Gasteiger charge is -2.20. The summed E-state index contributed by atoms with van der Waals surface area (Å²) in [5.41, 5.74) is 0.647. The Morgan fingerprint density at radius 3 is 2.15 bits per heavy atom. The minimum Gasteiger partial charge on any atom is -0.489 e. The maximum Gasteiger partial charge on any atom is 0.416 e. The molecular formula is C19H21F3N2O2. The van der Waals surface area contributed by atoms with Crippen molar-refractivity contribution < 1.29 is 22.7 Å². The molecule has 0 aliphatic carbocycles. The van der Waals surface area contributed by atoms with Gasteiger partial charge in [0.1, 0.15) is 12.4 Å². The van der Waals surface area contributed by atoms with Crippen LogP contribution in [0.5, 0.6) is 5.75 Å². The molecule has 0 unspecified atom stereocenters. The quantitative estimate of drug-likeness (QED) is 0.823. The zero-order chi connectivity index (χ0) is 19.3. The van der Waals surface area contributed by atoms with E-state index in [9.17, 15) is 18.0 Å². The van der Waals surface area contributed by atoms with Gasteiger partial charge in [0.05, 0.1) is 5.56 Å². The number of hydrogen-bond donors (Lipinski definition) is 1. The number of halogens is 3. The number of benzene rings is 2. The summed E-state index contributed by atoms with van der Waals surface area (Å²) in [5, 5.41) is 2.79. The number of ether oxygens (including phenoxy) is 1. The molecule has 2 aromatic carbocycles. The van der Waals surface area contributed by atoms with Gasteiger partial charge in [0.15, 0.2) is 0 Å². The number of rotatable bonds is 5. The van der Waals surface area contributed by atoms with Crippen molar-refractivity contribution in [3.8, 4) is 5.75 Å². The molecule has 0 atom stereocenters. The second-order valence-corrected chi connectivity index (χ2v) is 6.14. The molecular weight excluding hydrogens is 345 g/mol. The molecule has 2 amide bonds. The van der Waals surface area contributed by atoms with Crippen LogP contribution in [0.3, 0.4) is 0 Å². The molecule has 2 rings (SSSR count). The summed E-state index contributed by atoms with van der Waals surface area (Å²) in [7, 11) is 1.66. The SMILES string of the molecule is CC(C)NC(=O)N(C)c1ccc(OCc2ccc(C(F)(F)F)cc2)cc1. The first-order valence-electron chi connectivity index (χ1n) is 8.10. The van der Waals surface area contributed by atoms with Crippen molar-refractivity contribution in [3.05, 3.63) is 59.7 Å². The maximum absolute atomic E-state index is 12.5. The molecule has 0 heterocycles. The molecule has 7 heteroatoms. The number of urea groups is 1. The second kappa shape index (κ2) is 8.12. The Labute approximate surface area is 150 Å². The second-order valence-electron chi connectivity index (χ2n) is 6.14. The largest absolute Gasteiger partial charge is 0.489 e. The first-order valence-corrected chi connectivity index (χ1v) is 8.10. The summed E-state index contributed by atoms with van der Waals surface area (Å²) in [6, 6.07) is 11.6. The lowest BCUT2D eigenvalue weighted by molar-refractivity contribution is -0.137. The monoisotopic (exact) mass is 366 g/mol. The number of carbonyl (C=O) groups excluding carboxylic acids is 1. The van der Waals surface area contributed by atoms with Gasteiger partial charge >= 0.3 is 12.2 Å². The van der Waals surface area contributed by atoms with Gasteiger partial charge in [-0.05, 0) is 55.8 Å². The maximum atomic E-state index is 12.5. The van der Waals surface area contributed by atoms with E-state index in [1.165, 1.54) is 17.0 Å². The number of anilines is 1. The third-order valence-electron chi connectivity index (χ3n) is 3.63. The van der Waals surface area contributed by atoms with Crippen molar-refractivity contribution in [3.63, 3.8) is 0 Å². The fourth-order valence-electron chi connectivity index (χ4n) is 2.18. The Morgan fingerprint density at radius 2 is 1.65 bits per heavy atom. The van der Waals surface area contributed by atoms with Gasteiger partial charge in [-0.1, -0.05) is 12.1 Å². The van der Waals surface area contributed by atoms with E-state index in [1.54, 1.807) is 31.3 Å². The van der Waals surface area contributed by atoms with Crippen LogP contribution in [0.1, 0.15) is 25.0 Å². The molecule has 0 spiro atoms. The Kier molecular flexibility index (Phi) is 6.13. The highest BCUT2D eigenvalue weighted by Crippen LogP contribution is 2.29. The predicted octanol–water partition coefficient (Wildman–Crippen LogP) is 4.84. The summed E-state index contributed by atoms with van der Waals surface area (Å²) in [6.45, 7) is 3.91. The molecule has 0 fully saturated rings. The van der Waals surface area contributed by atoms with Crippen LogP contribution in [0.15, 0.2) is 48.5 Å². The van der Waals surface area contributed by atoms with Gasteiger partial charge in [0.25, 0.3) is 0 Å². The van der Waals surface area contributed by atoms with Crippen molar-refractivity contribution >= 4 is 11.7 Å².